The minimum atomic E-state index is -0.682. The average molecular weight is 392 g/mol. The highest BCUT2D eigenvalue weighted by atomic mass is 16.3. The summed E-state index contributed by atoms with van der Waals surface area (Å²) in [5.41, 5.74) is 3.96. The number of carbonyl (C=O) groups is 1. The maximum atomic E-state index is 12.3. The molecule has 0 saturated carbocycles. The number of carbonyl (C=O) groups excluding carboxylic acids is 1. The Bertz CT molecular complexity index is 956. The molecule has 7 heteroatoms. The molecule has 0 atom stereocenters. The molecular weight excluding hydrogens is 368 g/mol. The first-order valence-electron chi connectivity index (χ1n) is 9.26. The molecule has 0 saturated heterocycles. The van der Waals surface area contributed by atoms with Gasteiger partial charge in [-0.3, -0.25) is 4.79 Å². The van der Waals surface area contributed by atoms with E-state index in [1.807, 2.05) is 61.5 Å². The van der Waals surface area contributed by atoms with Crippen LogP contribution >= 0.6 is 0 Å². The van der Waals surface area contributed by atoms with E-state index in [1.54, 1.807) is 18.3 Å². The summed E-state index contributed by atoms with van der Waals surface area (Å²) in [6.45, 7) is -0.646. The Hall–Kier alpha value is -3.29. The van der Waals surface area contributed by atoms with Crippen molar-refractivity contribution in [3.63, 3.8) is 0 Å². The van der Waals surface area contributed by atoms with Crippen molar-refractivity contribution < 1.29 is 15.0 Å². The summed E-state index contributed by atoms with van der Waals surface area (Å²) in [6, 6.07) is 16.3. The van der Waals surface area contributed by atoms with Gasteiger partial charge in [-0.25, -0.2) is 9.97 Å². The molecule has 0 aliphatic rings. The Morgan fingerprint density at radius 1 is 1.00 bits per heavy atom. The largest absolute Gasteiger partial charge is 0.394 e. The van der Waals surface area contributed by atoms with Crippen molar-refractivity contribution in [3.8, 4) is 22.4 Å². The molecule has 0 unspecified atom stereocenters. The maximum Gasteiger partial charge on any atom is 0.251 e. The lowest BCUT2D eigenvalue weighted by atomic mass is 9.99. The molecule has 1 aromatic heterocycles. The van der Waals surface area contributed by atoms with Crippen molar-refractivity contribution in [3.05, 3.63) is 66.4 Å². The first-order valence-corrected chi connectivity index (χ1v) is 9.26. The molecule has 3 N–H and O–H groups in total. The fraction of sp³-hybridized carbons (Fsp3) is 0.227. The average Bonchev–Trinajstić information content (AvgIpc) is 2.77. The number of aromatic nitrogens is 2. The van der Waals surface area contributed by atoms with Crippen LogP contribution in [0.1, 0.15) is 10.4 Å². The van der Waals surface area contributed by atoms with Gasteiger partial charge in [0.05, 0.1) is 24.9 Å². The van der Waals surface area contributed by atoms with Crippen molar-refractivity contribution >= 4 is 11.9 Å². The van der Waals surface area contributed by atoms with Crippen molar-refractivity contribution in [2.45, 2.75) is 6.04 Å². The van der Waals surface area contributed by atoms with Crippen LogP contribution in [0.2, 0.25) is 0 Å². The molecule has 29 heavy (non-hydrogen) atoms. The second-order valence-corrected chi connectivity index (χ2v) is 6.81. The Morgan fingerprint density at radius 2 is 1.66 bits per heavy atom. The van der Waals surface area contributed by atoms with Crippen LogP contribution in [0.3, 0.4) is 0 Å². The lowest BCUT2D eigenvalue weighted by molar-refractivity contribution is 0.0879. The van der Waals surface area contributed by atoms with Crippen molar-refractivity contribution in [1.82, 2.24) is 15.3 Å². The molecule has 7 nitrogen and oxygen atoms in total. The molecule has 0 bridgehead atoms. The molecule has 1 heterocycles. The summed E-state index contributed by atoms with van der Waals surface area (Å²) in [4.78, 5) is 23.3. The van der Waals surface area contributed by atoms with Crippen molar-refractivity contribution in [1.29, 1.82) is 0 Å². The highest BCUT2D eigenvalue weighted by molar-refractivity contribution is 5.95. The van der Waals surface area contributed by atoms with Gasteiger partial charge < -0.3 is 20.4 Å². The molecule has 0 spiro atoms. The van der Waals surface area contributed by atoms with E-state index in [0.717, 1.165) is 22.4 Å². The number of amides is 1. The van der Waals surface area contributed by atoms with Crippen LogP contribution in [0.15, 0.2) is 60.8 Å². The van der Waals surface area contributed by atoms with Gasteiger partial charge in [0.2, 0.25) is 5.95 Å². The summed E-state index contributed by atoms with van der Waals surface area (Å²) >= 11 is 0. The summed E-state index contributed by atoms with van der Waals surface area (Å²) in [5, 5.41) is 20.8. The number of hydrogen-bond donors (Lipinski definition) is 3. The Balaban J connectivity index is 1.95. The molecule has 2 aromatic carbocycles. The SMILES string of the molecule is CN(C)c1ncc(-c2ccc(C(=O)NC(CO)CO)cc2)c(-c2ccccc2)n1. The first-order chi connectivity index (χ1) is 14.0. The monoisotopic (exact) mass is 392 g/mol. The molecule has 1 amide bonds. The van der Waals surface area contributed by atoms with E-state index in [0.29, 0.717) is 11.5 Å². The molecule has 0 aliphatic heterocycles. The topological polar surface area (TPSA) is 98.6 Å². The predicted molar refractivity (Wildman–Crippen MR) is 113 cm³/mol. The van der Waals surface area contributed by atoms with Gasteiger partial charge in [0.25, 0.3) is 5.91 Å². The van der Waals surface area contributed by atoms with Gasteiger partial charge in [-0.2, -0.15) is 0 Å². The number of aliphatic hydroxyl groups is 2. The zero-order valence-electron chi connectivity index (χ0n) is 16.4. The number of nitrogens with zero attached hydrogens (tertiary/aromatic N) is 3. The number of nitrogens with one attached hydrogen (secondary N) is 1. The van der Waals surface area contributed by atoms with E-state index >= 15 is 0 Å². The quantitative estimate of drug-likeness (QED) is 0.569. The smallest absolute Gasteiger partial charge is 0.251 e. The lowest BCUT2D eigenvalue weighted by Gasteiger charge is -2.15. The van der Waals surface area contributed by atoms with Crippen LogP contribution in [0, 0.1) is 0 Å². The first kappa shape index (κ1) is 20.4. The summed E-state index contributed by atoms with van der Waals surface area (Å²) in [7, 11) is 3.78. The predicted octanol–water partition coefficient (Wildman–Crippen LogP) is 1.96. The Labute approximate surface area is 169 Å². The maximum absolute atomic E-state index is 12.3. The number of rotatable bonds is 7. The number of hydrogen-bond acceptors (Lipinski definition) is 6. The van der Waals surface area contributed by atoms with Crippen LogP contribution < -0.4 is 10.2 Å². The summed E-state index contributed by atoms with van der Waals surface area (Å²) < 4.78 is 0. The number of anilines is 1. The molecule has 0 aliphatic carbocycles. The standard InChI is InChI=1S/C22H24N4O3/c1-26(2)22-23-12-19(20(25-22)16-6-4-3-5-7-16)15-8-10-17(11-9-15)21(29)24-18(13-27)14-28/h3-12,18,27-28H,13-14H2,1-2H3,(H,24,29). The van der Waals surface area contributed by atoms with E-state index in [4.69, 9.17) is 15.2 Å². The van der Waals surface area contributed by atoms with Crippen molar-refractivity contribution in [2.24, 2.45) is 0 Å². The number of aliphatic hydroxyl groups excluding tert-OH is 2. The van der Waals surface area contributed by atoms with Crippen LogP contribution in [-0.2, 0) is 0 Å². The molecule has 0 radical (unpaired) electrons. The van der Waals surface area contributed by atoms with Crippen LogP contribution in [0.5, 0.6) is 0 Å². The van der Waals surface area contributed by atoms with Gasteiger partial charge in [0.1, 0.15) is 0 Å². The third kappa shape index (κ3) is 4.77. The summed E-state index contributed by atoms with van der Waals surface area (Å²) in [5.74, 6) is 0.259. The van der Waals surface area contributed by atoms with E-state index in [2.05, 4.69) is 10.3 Å². The van der Waals surface area contributed by atoms with Gasteiger partial charge in [0, 0.05) is 37.0 Å². The van der Waals surface area contributed by atoms with Gasteiger partial charge in [-0.1, -0.05) is 42.5 Å². The zero-order chi connectivity index (χ0) is 20.8. The van der Waals surface area contributed by atoms with E-state index in [1.165, 1.54) is 0 Å². The van der Waals surface area contributed by atoms with Gasteiger partial charge in [-0.05, 0) is 17.7 Å². The fourth-order valence-corrected chi connectivity index (χ4v) is 2.83. The van der Waals surface area contributed by atoms with Crippen LogP contribution in [-0.4, -0.2) is 59.4 Å². The molecular formula is C22H24N4O3. The second kappa shape index (κ2) is 9.27. The molecule has 3 aromatic rings. The zero-order valence-corrected chi connectivity index (χ0v) is 16.4. The summed E-state index contributed by atoms with van der Waals surface area (Å²) in [6.07, 6.45) is 1.79. The Kier molecular flexibility index (Phi) is 6.54. The van der Waals surface area contributed by atoms with Gasteiger partial charge in [0.15, 0.2) is 0 Å². The Morgan fingerprint density at radius 3 is 2.24 bits per heavy atom. The number of benzene rings is 2. The molecule has 0 fully saturated rings. The van der Waals surface area contributed by atoms with Gasteiger partial charge in [-0.15, -0.1) is 0 Å². The molecule has 150 valence electrons. The second-order valence-electron chi connectivity index (χ2n) is 6.81. The van der Waals surface area contributed by atoms with E-state index in [9.17, 15) is 4.79 Å². The minimum absolute atomic E-state index is 0.323. The van der Waals surface area contributed by atoms with Crippen LogP contribution in [0.25, 0.3) is 22.4 Å². The molecule has 3 rings (SSSR count). The van der Waals surface area contributed by atoms with E-state index < -0.39 is 6.04 Å². The third-order valence-electron chi connectivity index (χ3n) is 4.46. The fourth-order valence-electron chi connectivity index (χ4n) is 2.83. The minimum Gasteiger partial charge on any atom is -0.394 e. The normalized spacial score (nSPS) is 10.8. The highest BCUT2D eigenvalue weighted by Gasteiger charge is 2.15. The van der Waals surface area contributed by atoms with Crippen LogP contribution in [0.4, 0.5) is 5.95 Å². The lowest BCUT2D eigenvalue weighted by Crippen LogP contribution is -2.40. The van der Waals surface area contributed by atoms with Gasteiger partial charge >= 0.3 is 0 Å². The van der Waals surface area contributed by atoms with Crippen molar-refractivity contribution in [2.75, 3.05) is 32.2 Å². The third-order valence-corrected chi connectivity index (χ3v) is 4.46. The van der Waals surface area contributed by atoms with E-state index in [-0.39, 0.29) is 19.1 Å². The highest BCUT2D eigenvalue weighted by Crippen LogP contribution is 2.31.